The number of ether oxygens (including phenoxy) is 1. The van der Waals surface area contributed by atoms with Crippen LogP contribution in [0.15, 0.2) is 58.7 Å². The van der Waals surface area contributed by atoms with Crippen molar-refractivity contribution in [2.45, 2.75) is 0 Å². The number of esters is 1. The number of amides is 1. The standard InChI is InChI=1S/C17H13BrClNO3/c1-23-17(22)15(9-11-5-7-14(19)8-6-11)20-16(21)12-3-2-4-13(18)10-12/h2-10H,1H3,(H,20,21). The highest BCUT2D eigenvalue weighted by Crippen LogP contribution is 2.14. The van der Waals surface area contributed by atoms with Crippen LogP contribution in [0.1, 0.15) is 15.9 Å². The molecule has 4 nitrogen and oxygen atoms in total. The fourth-order valence-corrected chi connectivity index (χ4v) is 2.33. The van der Waals surface area contributed by atoms with Crippen LogP contribution in [0.4, 0.5) is 0 Å². The lowest BCUT2D eigenvalue weighted by Crippen LogP contribution is -2.28. The van der Waals surface area contributed by atoms with Crippen molar-refractivity contribution in [3.8, 4) is 0 Å². The normalized spacial score (nSPS) is 11.0. The highest BCUT2D eigenvalue weighted by Gasteiger charge is 2.15. The van der Waals surface area contributed by atoms with Crippen LogP contribution in [0.3, 0.4) is 0 Å². The third kappa shape index (κ3) is 4.94. The van der Waals surface area contributed by atoms with Crippen molar-refractivity contribution in [2.24, 2.45) is 0 Å². The lowest BCUT2D eigenvalue weighted by atomic mass is 10.1. The largest absolute Gasteiger partial charge is 0.464 e. The maximum atomic E-state index is 12.3. The predicted molar refractivity (Wildman–Crippen MR) is 93.1 cm³/mol. The molecule has 0 unspecified atom stereocenters. The van der Waals surface area contributed by atoms with E-state index in [1.54, 1.807) is 42.5 Å². The third-order valence-corrected chi connectivity index (χ3v) is 3.67. The summed E-state index contributed by atoms with van der Waals surface area (Å²) in [5.74, 6) is -1.04. The summed E-state index contributed by atoms with van der Waals surface area (Å²) in [6, 6.07) is 13.7. The van der Waals surface area contributed by atoms with Gasteiger partial charge in [0.2, 0.25) is 0 Å². The number of halogens is 2. The van der Waals surface area contributed by atoms with Crippen LogP contribution >= 0.6 is 27.5 Å². The molecule has 1 amide bonds. The minimum Gasteiger partial charge on any atom is -0.464 e. The van der Waals surface area contributed by atoms with E-state index in [1.807, 2.05) is 6.07 Å². The second-order valence-electron chi connectivity index (χ2n) is 4.57. The molecular formula is C17H13BrClNO3. The zero-order valence-corrected chi connectivity index (χ0v) is 14.5. The lowest BCUT2D eigenvalue weighted by molar-refractivity contribution is -0.136. The molecule has 0 heterocycles. The maximum absolute atomic E-state index is 12.3. The summed E-state index contributed by atoms with van der Waals surface area (Å²) in [4.78, 5) is 24.1. The second kappa shape index (κ2) is 7.94. The minimum absolute atomic E-state index is 0.0415. The van der Waals surface area contributed by atoms with Crippen LogP contribution in [-0.4, -0.2) is 19.0 Å². The molecule has 2 aromatic carbocycles. The van der Waals surface area contributed by atoms with Crippen LogP contribution in [-0.2, 0) is 9.53 Å². The van der Waals surface area contributed by atoms with Crippen LogP contribution in [0.5, 0.6) is 0 Å². The second-order valence-corrected chi connectivity index (χ2v) is 5.92. The zero-order chi connectivity index (χ0) is 16.8. The summed E-state index contributed by atoms with van der Waals surface area (Å²) in [5.41, 5.74) is 1.18. The fraction of sp³-hybridized carbons (Fsp3) is 0.0588. The van der Waals surface area contributed by atoms with E-state index in [9.17, 15) is 9.59 Å². The number of methoxy groups -OCH3 is 1. The number of hydrogen-bond acceptors (Lipinski definition) is 3. The number of hydrogen-bond donors (Lipinski definition) is 1. The molecule has 23 heavy (non-hydrogen) atoms. The molecular weight excluding hydrogens is 382 g/mol. The topological polar surface area (TPSA) is 55.4 Å². The Morgan fingerprint density at radius 2 is 1.87 bits per heavy atom. The Balaban J connectivity index is 2.27. The van der Waals surface area contributed by atoms with Gasteiger partial charge in [-0.3, -0.25) is 4.79 Å². The molecule has 6 heteroatoms. The van der Waals surface area contributed by atoms with E-state index in [4.69, 9.17) is 16.3 Å². The number of carbonyl (C=O) groups excluding carboxylic acids is 2. The Morgan fingerprint density at radius 1 is 1.17 bits per heavy atom. The van der Waals surface area contributed by atoms with Gasteiger partial charge in [-0.2, -0.15) is 0 Å². The molecule has 0 spiro atoms. The molecule has 0 fully saturated rings. The van der Waals surface area contributed by atoms with Crippen molar-refractivity contribution in [1.82, 2.24) is 5.32 Å². The Hall–Kier alpha value is -2.11. The first kappa shape index (κ1) is 17.2. The molecule has 2 rings (SSSR count). The molecule has 0 bridgehead atoms. The van der Waals surface area contributed by atoms with E-state index in [1.165, 1.54) is 13.2 Å². The van der Waals surface area contributed by atoms with E-state index in [0.29, 0.717) is 16.1 Å². The van der Waals surface area contributed by atoms with E-state index in [2.05, 4.69) is 21.2 Å². The molecule has 0 atom stereocenters. The average Bonchev–Trinajstić information content (AvgIpc) is 2.55. The third-order valence-electron chi connectivity index (χ3n) is 2.92. The molecule has 0 aliphatic rings. The van der Waals surface area contributed by atoms with Crippen molar-refractivity contribution in [3.05, 3.63) is 74.9 Å². The van der Waals surface area contributed by atoms with Crippen molar-refractivity contribution in [1.29, 1.82) is 0 Å². The highest BCUT2D eigenvalue weighted by molar-refractivity contribution is 9.10. The number of benzene rings is 2. The quantitative estimate of drug-likeness (QED) is 0.629. The van der Waals surface area contributed by atoms with Gasteiger partial charge in [0.05, 0.1) is 7.11 Å². The number of carbonyl (C=O) groups is 2. The summed E-state index contributed by atoms with van der Waals surface area (Å²) < 4.78 is 5.48. The van der Waals surface area contributed by atoms with Gasteiger partial charge in [-0.05, 0) is 42.0 Å². The van der Waals surface area contributed by atoms with E-state index in [0.717, 1.165) is 4.47 Å². The molecule has 0 saturated heterocycles. The van der Waals surface area contributed by atoms with Gasteiger partial charge in [-0.25, -0.2) is 4.79 Å². The van der Waals surface area contributed by atoms with Crippen molar-refractivity contribution in [2.75, 3.05) is 7.11 Å². The molecule has 0 aliphatic carbocycles. The van der Waals surface area contributed by atoms with Gasteiger partial charge in [-0.15, -0.1) is 0 Å². The summed E-state index contributed by atoms with van der Waals surface area (Å²) >= 11 is 9.13. The SMILES string of the molecule is COC(=O)C(=Cc1ccc(Cl)cc1)NC(=O)c1cccc(Br)c1. The van der Waals surface area contributed by atoms with E-state index >= 15 is 0 Å². The molecule has 0 saturated carbocycles. The lowest BCUT2D eigenvalue weighted by Gasteiger charge is -2.09. The van der Waals surface area contributed by atoms with Crippen LogP contribution in [0, 0.1) is 0 Å². The number of rotatable bonds is 4. The summed E-state index contributed by atoms with van der Waals surface area (Å²) in [6.07, 6.45) is 1.53. The Bertz CT molecular complexity index is 757. The Kier molecular flexibility index (Phi) is 5.96. The molecule has 0 aromatic heterocycles. The molecule has 1 N–H and O–H groups in total. The first-order valence-electron chi connectivity index (χ1n) is 6.62. The molecule has 2 aromatic rings. The van der Waals surface area contributed by atoms with Gasteiger partial charge in [0, 0.05) is 15.1 Å². The summed E-state index contributed by atoms with van der Waals surface area (Å²) in [5, 5.41) is 3.15. The smallest absolute Gasteiger partial charge is 0.354 e. The van der Waals surface area contributed by atoms with Crippen LogP contribution in [0.25, 0.3) is 6.08 Å². The van der Waals surface area contributed by atoms with Gasteiger partial charge >= 0.3 is 5.97 Å². The fourth-order valence-electron chi connectivity index (χ4n) is 1.81. The van der Waals surface area contributed by atoms with Gasteiger partial charge in [0.1, 0.15) is 5.70 Å². The van der Waals surface area contributed by atoms with Crippen LogP contribution in [0.2, 0.25) is 5.02 Å². The van der Waals surface area contributed by atoms with E-state index in [-0.39, 0.29) is 5.70 Å². The summed E-state index contributed by atoms with van der Waals surface area (Å²) in [7, 11) is 1.25. The van der Waals surface area contributed by atoms with Crippen molar-refractivity contribution in [3.63, 3.8) is 0 Å². The Morgan fingerprint density at radius 3 is 2.48 bits per heavy atom. The predicted octanol–water partition coefficient (Wildman–Crippen LogP) is 4.05. The van der Waals surface area contributed by atoms with Gasteiger partial charge < -0.3 is 10.1 Å². The molecule has 0 aliphatic heterocycles. The monoisotopic (exact) mass is 393 g/mol. The van der Waals surface area contributed by atoms with Gasteiger partial charge in [-0.1, -0.05) is 45.7 Å². The Labute approximate surface area is 147 Å². The van der Waals surface area contributed by atoms with Crippen LogP contribution < -0.4 is 5.32 Å². The average molecular weight is 395 g/mol. The molecule has 118 valence electrons. The molecule has 0 radical (unpaired) electrons. The van der Waals surface area contributed by atoms with E-state index < -0.39 is 11.9 Å². The van der Waals surface area contributed by atoms with Gasteiger partial charge in [0.25, 0.3) is 5.91 Å². The number of nitrogens with one attached hydrogen (secondary N) is 1. The van der Waals surface area contributed by atoms with Crippen molar-refractivity contribution >= 4 is 45.5 Å². The van der Waals surface area contributed by atoms with Crippen molar-refractivity contribution < 1.29 is 14.3 Å². The van der Waals surface area contributed by atoms with Gasteiger partial charge in [0.15, 0.2) is 0 Å². The maximum Gasteiger partial charge on any atom is 0.354 e. The first-order chi connectivity index (χ1) is 11.0. The zero-order valence-electron chi connectivity index (χ0n) is 12.2. The minimum atomic E-state index is -0.636. The summed E-state index contributed by atoms with van der Waals surface area (Å²) in [6.45, 7) is 0. The highest BCUT2D eigenvalue weighted by atomic mass is 79.9. The first-order valence-corrected chi connectivity index (χ1v) is 7.79.